The van der Waals surface area contributed by atoms with Gasteiger partial charge in [0.2, 0.25) is 5.95 Å². The minimum absolute atomic E-state index is 0.362. The van der Waals surface area contributed by atoms with Gasteiger partial charge in [0.15, 0.2) is 6.61 Å². The molecule has 114 valence electrons. The van der Waals surface area contributed by atoms with Gasteiger partial charge in [0, 0.05) is 11.4 Å². The predicted molar refractivity (Wildman–Crippen MR) is 82.3 cm³/mol. The number of hydrazone groups is 1. The molecule has 2 aromatic rings. The average Bonchev–Trinajstić information content (AvgIpc) is 2.45. The summed E-state index contributed by atoms with van der Waals surface area (Å²) in [7, 11) is 0. The van der Waals surface area contributed by atoms with Gasteiger partial charge in [-0.25, -0.2) is 20.2 Å². The average molecular weight is 300 g/mol. The smallest absolute Gasteiger partial charge is 0.341 e. The number of aromatic nitrogens is 2. The largest absolute Gasteiger partial charge is 0.482 e. The van der Waals surface area contributed by atoms with E-state index in [9.17, 15) is 4.79 Å². The molecule has 0 saturated heterocycles. The van der Waals surface area contributed by atoms with Crippen molar-refractivity contribution in [3.05, 3.63) is 47.3 Å². The number of hydrogen-bond donors (Lipinski definition) is 2. The van der Waals surface area contributed by atoms with Crippen LogP contribution >= 0.6 is 0 Å². The molecule has 0 atom stereocenters. The van der Waals surface area contributed by atoms with E-state index in [1.165, 1.54) is 0 Å². The Bertz CT molecular complexity index is 663. The first-order valence-electron chi connectivity index (χ1n) is 6.59. The van der Waals surface area contributed by atoms with Crippen molar-refractivity contribution >= 4 is 18.1 Å². The van der Waals surface area contributed by atoms with E-state index in [2.05, 4.69) is 20.5 Å². The van der Waals surface area contributed by atoms with Crippen molar-refractivity contribution in [3.8, 4) is 5.75 Å². The second-order valence-electron chi connectivity index (χ2n) is 4.60. The quantitative estimate of drug-likeness (QED) is 0.625. The zero-order valence-electron chi connectivity index (χ0n) is 12.3. The Morgan fingerprint density at radius 3 is 2.50 bits per heavy atom. The maximum absolute atomic E-state index is 10.4. The Hall–Kier alpha value is -2.96. The van der Waals surface area contributed by atoms with Crippen molar-refractivity contribution < 1.29 is 14.6 Å². The third-order valence-corrected chi connectivity index (χ3v) is 2.60. The molecule has 1 heterocycles. The number of aryl methyl sites for hydroxylation is 2. The van der Waals surface area contributed by atoms with Crippen molar-refractivity contribution in [2.45, 2.75) is 13.8 Å². The number of carbonyl (C=O) groups is 1. The molecular formula is C15H16N4O3. The Labute approximate surface area is 127 Å². The van der Waals surface area contributed by atoms with E-state index in [1.807, 2.05) is 19.9 Å². The van der Waals surface area contributed by atoms with Crippen molar-refractivity contribution in [1.82, 2.24) is 9.97 Å². The number of carboxylic acid groups (broad SMARTS) is 1. The van der Waals surface area contributed by atoms with E-state index in [1.54, 1.807) is 30.5 Å². The summed E-state index contributed by atoms with van der Waals surface area (Å²) in [6, 6.07) is 8.77. The maximum atomic E-state index is 10.4. The third kappa shape index (κ3) is 4.86. The van der Waals surface area contributed by atoms with Crippen LogP contribution in [0.3, 0.4) is 0 Å². The lowest BCUT2D eigenvalue weighted by atomic mass is 10.2. The molecule has 0 aliphatic carbocycles. The van der Waals surface area contributed by atoms with Gasteiger partial charge in [-0.05, 0) is 49.7 Å². The fourth-order valence-electron chi connectivity index (χ4n) is 1.74. The fourth-order valence-corrected chi connectivity index (χ4v) is 1.74. The van der Waals surface area contributed by atoms with Crippen LogP contribution in [0.5, 0.6) is 5.75 Å². The van der Waals surface area contributed by atoms with Gasteiger partial charge in [-0.2, -0.15) is 5.10 Å². The van der Waals surface area contributed by atoms with Gasteiger partial charge in [0.05, 0.1) is 6.21 Å². The Morgan fingerprint density at radius 1 is 1.27 bits per heavy atom. The Morgan fingerprint density at radius 2 is 1.91 bits per heavy atom. The monoisotopic (exact) mass is 300 g/mol. The zero-order valence-corrected chi connectivity index (χ0v) is 12.3. The topological polar surface area (TPSA) is 96.7 Å². The fraction of sp³-hybridized carbons (Fsp3) is 0.200. The van der Waals surface area contributed by atoms with Crippen LogP contribution in [0.4, 0.5) is 5.95 Å². The number of anilines is 1. The number of benzene rings is 1. The van der Waals surface area contributed by atoms with Gasteiger partial charge >= 0.3 is 5.97 Å². The van der Waals surface area contributed by atoms with Crippen LogP contribution in [0.1, 0.15) is 17.0 Å². The summed E-state index contributed by atoms with van der Waals surface area (Å²) in [4.78, 5) is 18.8. The molecule has 2 N–H and O–H groups in total. The summed E-state index contributed by atoms with van der Waals surface area (Å²) in [5.74, 6) is -0.0800. The molecule has 0 saturated carbocycles. The number of aliphatic carboxylic acids is 1. The molecular weight excluding hydrogens is 284 g/mol. The second kappa shape index (κ2) is 7.16. The van der Waals surface area contributed by atoms with E-state index in [4.69, 9.17) is 9.84 Å². The minimum atomic E-state index is -1.01. The van der Waals surface area contributed by atoms with Crippen LogP contribution in [0, 0.1) is 13.8 Å². The first-order valence-corrected chi connectivity index (χ1v) is 6.59. The highest BCUT2D eigenvalue weighted by Gasteiger charge is 1.99. The molecule has 0 bridgehead atoms. The highest BCUT2D eigenvalue weighted by atomic mass is 16.5. The molecule has 2 rings (SSSR count). The highest BCUT2D eigenvalue weighted by Crippen LogP contribution is 2.11. The minimum Gasteiger partial charge on any atom is -0.482 e. The van der Waals surface area contributed by atoms with Gasteiger partial charge < -0.3 is 9.84 Å². The summed E-state index contributed by atoms with van der Waals surface area (Å²) < 4.78 is 5.04. The van der Waals surface area contributed by atoms with E-state index in [0.717, 1.165) is 17.0 Å². The maximum Gasteiger partial charge on any atom is 0.341 e. The van der Waals surface area contributed by atoms with Crippen molar-refractivity contribution in [1.29, 1.82) is 0 Å². The number of rotatable bonds is 6. The normalized spacial score (nSPS) is 10.6. The number of nitrogens with zero attached hydrogens (tertiary/aromatic N) is 3. The molecule has 0 aliphatic rings. The highest BCUT2D eigenvalue weighted by molar-refractivity contribution is 5.80. The number of nitrogens with one attached hydrogen (secondary N) is 1. The van der Waals surface area contributed by atoms with Gasteiger partial charge in [0.25, 0.3) is 0 Å². The summed E-state index contributed by atoms with van der Waals surface area (Å²) >= 11 is 0. The van der Waals surface area contributed by atoms with E-state index < -0.39 is 5.97 Å². The van der Waals surface area contributed by atoms with Gasteiger partial charge in [-0.3, -0.25) is 0 Å². The Balaban J connectivity index is 1.94. The number of ether oxygens (including phenoxy) is 1. The lowest BCUT2D eigenvalue weighted by Crippen LogP contribution is -2.09. The molecule has 1 aromatic heterocycles. The summed E-state index contributed by atoms with van der Waals surface area (Å²) in [6.45, 7) is 3.41. The molecule has 0 spiro atoms. The lowest BCUT2D eigenvalue weighted by molar-refractivity contribution is -0.139. The summed E-state index contributed by atoms with van der Waals surface area (Å²) in [5, 5.41) is 12.6. The second-order valence-corrected chi connectivity index (χ2v) is 4.60. The molecule has 1 aromatic carbocycles. The van der Waals surface area contributed by atoms with Gasteiger partial charge in [0.1, 0.15) is 5.75 Å². The van der Waals surface area contributed by atoms with Gasteiger partial charge in [-0.15, -0.1) is 0 Å². The summed E-state index contributed by atoms with van der Waals surface area (Å²) in [5.41, 5.74) is 5.33. The molecule has 0 aliphatic heterocycles. The van der Waals surface area contributed by atoms with Crippen LogP contribution in [0.2, 0.25) is 0 Å². The van der Waals surface area contributed by atoms with Crippen molar-refractivity contribution in [2.24, 2.45) is 5.10 Å². The lowest BCUT2D eigenvalue weighted by Gasteiger charge is -2.03. The third-order valence-electron chi connectivity index (χ3n) is 2.60. The van der Waals surface area contributed by atoms with E-state index >= 15 is 0 Å². The molecule has 0 fully saturated rings. The molecule has 0 radical (unpaired) electrons. The first kappa shape index (κ1) is 15.4. The molecule has 0 amide bonds. The van der Waals surface area contributed by atoms with Crippen LogP contribution in [0.15, 0.2) is 35.4 Å². The SMILES string of the molecule is Cc1cc(C)nc(N/N=C\c2ccc(OCC(=O)O)cc2)n1. The zero-order chi connectivity index (χ0) is 15.9. The van der Waals surface area contributed by atoms with Crippen LogP contribution in [-0.4, -0.2) is 33.9 Å². The van der Waals surface area contributed by atoms with Gasteiger partial charge in [-0.1, -0.05) is 0 Å². The van der Waals surface area contributed by atoms with E-state index in [-0.39, 0.29) is 6.61 Å². The van der Waals surface area contributed by atoms with Crippen LogP contribution < -0.4 is 10.2 Å². The van der Waals surface area contributed by atoms with Crippen molar-refractivity contribution in [2.75, 3.05) is 12.0 Å². The van der Waals surface area contributed by atoms with Crippen LogP contribution in [-0.2, 0) is 4.79 Å². The van der Waals surface area contributed by atoms with Crippen molar-refractivity contribution in [3.63, 3.8) is 0 Å². The molecule has 7 nitrogen and oxygen atoms in total. The standard InChI is InChI=1S/C15H16N4O3/c1-10-7-11(2)18-15(17-10)19-16-8-12-3-5-13(6-4-12)22-9-14(20)21/h3-8H,9H2,1-2H3,(H,20,21)(H,17,18,19)/b16-8-. The molecule has 22 heavy (non-hydrogen) atoms. The molecule has 0 unspecified atom stereocenters. The van der Waals surface area contributed by atoms with E-state index in [0.29, 0.717) is 11.7 Å². The first-order chi connectivity index (χ1) is 10.5. The molecule has 7 heteroatoms. The Kier molecular flexibility index (Phi) is 5.02. The van der Waals surface area contributed by atoms with Crippen LogP contribution in [0.25, 0.3) is 0 Å². The number of carboxylic acids is 1. The predicted octanol–water partition coefficient (Wildman–Crippen LogP) is 2.00. The summed E-state index contributed by atoms with van der Waals surface area (Å²) in [6.07, 6.45) is 1.61. The number of hydrogen-bond acceptors (Lipinski definition) is 6.